The van der Waals surface area contributed by atoms with Gasteiger partial charge in [0.25, 0.3) is 0 Å². The van der Waals surface area contributed by atoms with Gasteiger partial charge in [-0.15, -0.1) is 0 Å². The molecule has 5 nitrogen and oxygen atoms in total. The molecule has 0 bridgehead atoms. The van der Waals surface area contributed by atoms with Gasteiger partial charge in [-0.05, 0) is 40.4 Å². The molecule has 0 aliphatic rings. The number of benzene rings is 1. The van der Waals surface area contributed by atoms with Crippen molar-refractivity contribution in [1.29, 1.82) is 0 Å². The van der Waals surface area contributed by atoms with Crippen molar-refractivity contribution in [2.75, 3.05) is 5.32 Å². The van der Waals surface area contributed by atoms with Crippen LogP contribution in [0.5, 0.6) is 0 Å². The Morgan fingerprint density at radius 3 is 2.63 bits per heavy atom. The number of amides is 1. The smallest absolute Gasteiger partial charge is 0.235 e. The number of amidine groups is 1. The zero-order chi connectivity index (χ0) is 14.6. The molecular formula is C13H18BrN3O2. The van der Waals surface area contributed by atoms with Gasteiger partial charge in [0.1, 0.15) is 5.92 Å². The predicted octanol–water partition coefficient (Wildman–Crippen LogP) is 2.71. The molecule has 6 heteroatoms. The molecule has 4 N–H and O–H groups in total. The van der Waals surface area contributed by atoms with Crippen molar-refractivity contribution in [3.05, 3.63) is 28.2 Å². The SMILES string of the molecule is Cc1cccc(NC(=O)C(/C(N)=N/O)C(C)C)c1Br. The molecule has 0 aromatic heterocycles. The molecule has 0 saturated carbocycles. The molecule has 0 aliphatic carbocycles. The summed E-state index contributed by atoms with van der Waals surface area (Å²) in [5.74, 6) is -1.12. The van der Waals surface area contributed by atoms with Gasteiger partial charge < -0.3 is 16.3 Å². The molecule has 0 fully saturated rings. The number of hydrogen-bond donors (Lipinski definition) is 3. The summed E-state index contributed by atoms with van der Waals surface area (Å²) < 4.78 is 0.824. The molecule has 104 valence electrons. The molecule has 0 spiro atoms. The van der Waals surface area contributed by atoms with Gasteiger partial charge in [0.2, 0.25) is 5.91 Å². The van der Waals surface area contributed by atoms with E-state index in [0.29, 0.717) is 5.69 Å². The number of hydrogen-bond acceptors (Lipinski definition) is 3. The van der Waals surface area contributed by atoms with E-state index in [-0.39, 0.29) is 17.7 Å². The van der Waals surface area contributed by atoms with Crippen LogP contribution in [0.2, 0.25) is 0 Å². The van der Waals surface area contributed by atoms with Crippen LogP contribution >= 0.6 is 15.9 Å². The lowest BCUT2D eigenvalue weighted by atomic mass is 9.93. The Hall–Kier alpha value is -1.56. The fraction of sp³-hybridized carbons (Fsp3) is 0.385. The second kappa shape index (κ2) is 6.56. The molecular weight excluding hydrogens is 310 g/mol. The zero-order valence-electron chi connectivity index (χ0n) is 11.1. The summed E-state index contributed by atoms with van der Waals surface area (Å²) in [6.07, 6.45) is 0. The van der Waals surface area contributed by atoms with Crippen LogP contribution in [0.25, 0.3) is 0 Å². The van der Waals surface area contributed by atoms with E-state index in [2.05, 4.69) is 26.4 Å². The number of nitrogens with zero attached hydrogens (tertiary/aromatic N) is 1. The van der Waals surface area contributed by atoms with Gasteiger partial charge in [0, 0.05) is 4.47 Å². The lowest BCUT2D eigenvalue weighted by Gasteiger charge is -2.19. The first kappa shape index (κ1) is 15.5. The summed E-state index contributed by atoms with van der Waals surface area (Å²) in [5, 5.41) is 14.5. The Morgan fingerprint density at radius 2 is 2.11 bits per heavy atom. The third-order valence-corrected chi connectivity index (χ3v) is 3.89. The Bertz CT molecular complexity index is 501. The third kappa shape index (κ3) is 3.70. The minimum absolute atomic E-state index is 0.0699. The number of carbonyl (C=O) groups is 1. The highest BCUT2D eigenvalue weighted by molar-refractivity contribution is 9.10. The normalized spacial score (nSPS) is 13.4. The number of rotatable bonds is 4. The average molecular weight is 328 g/mol. The largest absolute Gasteiger partial charge is 0.409 e. The highest BCUT2D eigenvalue weighted by Gasteiger charge is 2.27. The summed E-state index contributed by atoms with van der Waals surface area (Å²) in [6, 6.07) is 5.57. The molecule has 1 aromatic carbocycles. The van der Waals surface area contributed by atoms with Crippen molar-refractivity contribution in [2.45, 2.75) is 20.8 Å². The van der Waals surface area contributed by atoms with E-state index in [1.165, 1.54) is 0 Å². The van der Waals surface area contributed by atoms with Gasteiger partial charge in [-0.1, -0.05) is 31.1 Å². The first-order valence-corrected chi connectivity index (χ1v) is 6.71. The fourth-order valence-electron chi connectivity index (χ4n) is 1.80. The second-order valence-electron chi connectivity index (χ2n) is 4.67. The molecule has 1 rings (SSSR count). The topological polar surface area (TPSA) is 87.7 Å². The molecule has 0 aliphatic heterocycles. The molecule has 1 amide bonds. The van der Waals surface area contributed by atoms with E-state index >= 15 is 0 Å². The monoisotopic (exact) mass is 327 g/mol. The van der Waals surface area contributed by atoms with Crippen LogP contribution in [0.1, 0.15) is 19.4 Å². The van der Waals surface area contributed by atoms with Crippen LogP contribution in [0.4, 0.5) is 5.69 Å². The van der Waals surface area contributed by atoms with Crippen LogP contribution in [-0.2, 0) is 4.79 Å². The standard InChI is InChI=1S/C13H18BrN3O2/c1-7(2)10(12(15)17-19)13(18)16-9-6-4-5-8(3)11(9)14/h4-7,10,19H,1-3H3,(H2,15,17)(H,16,18). The van der Waals surface area contributed by atoms with Crippen molar-refractivity contribution >= 4 is 33.4 Å². The summed E-state index contributed by atoms with van der Waals surface area (Å²) in [7, 11) is 0. The highest BCUT2D eigenvalue weighted by Crippen LogP contribution is 2.26. The van der Waals surface area contributed by atoms with Crippen LogP contribution in [0, 0.1) is 18.8 Å². The van der Waals surface area contributed by atoms with E-state index in [0.717, 1.165) is 10.0 Å². The lowest BCUT2D eigenvalue weighted by molar-refractivity contribution is -0.119. The van der Waals surface area contributed by atoms with E-state index < -0.39 is 5.92 Å². The summed E-state index contributed by atoms with van der Waals surface area (Å²) in [4.78, 5) is 12.2. The minimum Gasteiger partial charge on any atom is -0.409 e. The number of nitrogens with two attached hydrogens (primary N) is 1. The van der Waals surface area contributed by atoms with Gasteiger partial charge >= 0.3 is 0 Å². The Kier molecular flexibility index (Phi) is 5.35. The number of anilines is 1. The molecule has 0 saturated heterocycles. The Labute approximate surface area is 121 Å². The molecule has 1 unspecified atom stereocenters. The maximum Gasteiger partial charge on any atom is 0.235 e. The zero-order valence-corrected chi connectivity index (χ0v) is 12.7. The van der Waals surface area contributed by atoms with Crippen molar-refractivity contribution in [3.8, 4) is 0 Å². The first-order chi connectivity index (χ1) is 8.88. The highest BCUT2D eigenvalue weighted by atomic mass is 79.9. The van der Waals surface area contributed by atoms with E-state index in [1.807, 2.05) is 32.9 Å². The predicted molar refractivity (Wildman–Crippen MR) is 79.2 cm³/mol. The van der Waals surface area contributed by atoms with Gasteiger partial charge in [-0.25, -0.2) is 0 Å². The Morgan fingerprint density at radius 1 is 1.47 bits per heavy atom. The second-order valence-corrected chi connectivity index (χ2v) is 5.47. The van der Waals surface area contributed by atoms with E-state index in [9.17, 15) is 4.79 Å². The van der Waals surface area contributed by atoms with Gasteiger partial charge in [-0.2, -0.15) is 0 Å². The van der Waals surface area contributed by atoms with Crippen molar-refractivity contribution in [2.24, 2.45) is 22.7 Å². The van der Waals surface area contributed by atoms with Gasteiger partial charge in [-0.3, -0.25) is 4.79 Å². The van der Waals surface area contributed by atoms with Gasteiger partial charge in [0.05, 0.1) is 5.69 Å². The molecule has 19 heavy (non-hydrogen) atoms. The lowest BCUT2D eigenvalue weighted by Crippen LogP contribution is -2.38. The Balaban J connectivity index is 2.97. The van der Waals surface area contributed by atoms with Gasteiger partial charge in [0.15, 0.2) is 5.84 Å². The number of oxime groups is 1. The first-order valence-electron chi connectivity index (χ1n) is 5.91. The maximum atomic E-state index is 12.2. The molecule has 1 aromatic rings. The summed E-state index contributed by atoms with van der Waals surface area (Å²) >= 11 is 3.42. The number of carbonyl (C=O) groups excluding carboxylic acids is 1. The minimum atomic E-state index is -0.669. The van der Waals surface area contributed by atoms with Crippen molar-refractivity contribution in [1.82, 2.24) is 0 Å². The quantitative estimate of drug-likeness (QED) is 0.344. The number of halogens is 1. The fourth-order valence-corrected chi connectivity index (χ4v) is 2.16. The van der Waals surface area contributed by atoms with Crippen LogP contribution in [0.3, 0.4) is 0 Å². The number of nitrogens with one attached hydrogen (secondary N) is 1. The third-order valence-electron chi connectivity index (χ3n) is 2.83. The molecule has 0 heterocycles. The molecule has 0 radical (unpaired) electrons. The number of aryl methyl sites for hydroxylation is 1. The summed E-state index contributed by atoms with van der Waals surface area (Å²) in [5.41, 5.74) is 7.25. The van der Waals surface area contributed by atoms with E-state index in [1.54, 1.807) is 6.07 Å². The average Bonchev–Trinajstić information content (AvgIpc) is 2.34. The van der Waals surface area contributed by atoms with Crippen molar-refractivity contribution < 1.29 is 10.0 Å². The summed E-state index contributed by atoms with van der Waals surface area (Å²) in [6.45, 7) is 5.62. The van der Waals surface area contributed by atoms with Crippen LogP contribution in [0.15, 0.2) is 27.8 Å². The van der Waals surface area contributed by atoms with Crippen molar-refractivity contribution in [3.63, 3.8) is 0 Å². The molecule has 1 atom stereocenters. The maximum absolute atomic E-state index is 12.2. The van der Waals surface area contributed by atoms with Crippen LogP contribution in [-0.4, -0.2) is 17.0 Å². The van der Waals surface area contributed by atoms with E-state index in [4.69, 9.17) is 10.9 Å². The van der Waals surface area contributed by atoms with Crippen LogP contribution < -0.4 is 11.1 Å².